The summed E-state index contributed by atoms with van der Waals surface area (Å²) in [5.74, 6) is 0. The summed E-state index contributed by atoms with van der Waals surface area (Å²) in [6.07, 6.45) is -0.292. The van der Waals surface area contributed by atoms with Gasteiger partial charge in [0.2, 0.25) is 0 Å². The van der Waals surface area contributed by atoms with Crippen molar-refractivity contribution in [2.24, 2.45) is 0 Å². The van der Waals surface area contributed by atoms with Gasteiger partial charge in [-0.15, -0.1) is 0 Å². The van der Waals surface area contributed by atoms with Gasteiger partial charge in [-0.3, -0.25) is 4.18 Å². The van der Waals surface area contributed by atoms with Gasteiger partial charge in [0.05, 0.1) is 20.9 Å². The van der Waals surface area contributed by atoms with Gasteiger partial charge in [-0.2, -0.15) is 8.42 Å². The van der Waals surface area contributed by atoms with E-state index in [2.05, 4.69) is 19.0 Å². The summed E-state index contributed by atoms with van der Waals surface area (Å²) in [7, 11) is -3.41. The second-order valence-corrected chi connectivity index (χ2v) is 4.90. The van der Waals surface area contributed by atoms with Crippen molar-refractivity contribution >= 4 is 23.4 Å². The maximum absolute atomic E-state index is 10.1. The Morgan fingerprint density at radius 2 is 1.88 bits per heavy atom. The van der Waals surface area contributed by atoms with E-state index < -0.39 is 8.55 Å². The molecular formula is C3H7BrO3S. The Kier molecular flexibility index (Phi) is 2.93. The number of halogens is 1. The first-order valence-corrected chi connectivity index (χ1v) is 5.30. The van der Waals surface area contributed by atoms with E-state index in [1.807, 2.05) is 0 Å². The molecule has 0 aliphatic heterocycles. The summed E-state index contributed by atoms with van der Waals surface area (Å²) < 4.78 is 24.6. The smallest absolute Gasteiger partial charge is 0.259 e. The molecule has 0 heterocycles. The van der Waals surface area contributed by atoms with E-state index in [4.69, 9.17) is 0 Å². The van der Waals surface area contributed by atoms with Crippen LogP contribution >= 0.6 is 14.8 Å². The lowest BCUT2D eigenvalue weighted by atomic mass is 10.5. The standard InChI is InChI=1S/C3H7BrO3S/c1-3(2)7-8(4,5)6/h3H,1-2H3. The molecule has 0 aliphatic rings. The van der Waals surface area contributed by atoms with Crippen LogP contribution in [0.2, 0.25) is 0 Å². The zero-order valence-electron chi connectivity index (χ0n) is 4.59. The molecule has 0 aromatic carbocycles. The molecule has 0 saturated heterocycles. The molecule has 0 unspecified atom stereocenters. The molecule has 0 aliphatic carbocycles. The van der Waals surface area contributed by atoms with Gasteiger partial charge in [-0.25, -0.2) is 0 Å². The van der Waals surface area contributed by atoms with E-state index in [1.165, 1.54) is 0 Å². The molecular weight excluding hydrogens is 196 g/mol. The average molecular weight is 203 g/mol. The first-order chi connectivity index (χ1) is 3.42. The van der Waals surface area contributed by atoms with Gasteiger partial charge in [0.25, 0.3) is 0 Å². The summed E-state index contributed by atoms with van der Waals surface area (Å²) in [5, 5.41) is 0. The highest BCUT2D eigenvalue weighted by molar-refractivity contribution is 9.46. The van der Waals surface area contributed by atoms with Gasteiger partial charge in [-0.1, -0.05) is 0 Å². The van der Waals surface area contributed by atoms with Gasteiger partial charge in [0.15, 0.2) is 0 Å². The molecule has 5 heteroatoms. The number of rotatable bonds is 2. The van der Waals surface area contributed by atoms with Gasteiger partial charge in [0.1, 0.15) is 0 Å². The molecule has 0 aromatic rings. The van der Waals surface area contributed by atoms with E-state index in [-0.39, 0.29) is 6.10 Å². The van der Waals surface area contributed by atoms with Crippen molar-refractivity contribution in [1.82, 2.24) is 0 Å². The second kappa shape index (κ2) is 2.80. The molecule has 0 saturated carbocycles. The van der Waals surface area contributed by atoms with Crippen LogP contribution < -0.4 is 0 Å². The molecule has 0 aromatic heterocycles. The van der Waals surface area contributed by atoms with Crippen molar-refractivity contribution in [3.63, 3.8) is 0 Å². The maximum Gasteiger partial charge on any atom is 0.329 e. The van der Waals surface area contributed by atoms with Crippen molar-refractivity contribution < 1.29 is 12.6 Å². The molecule has 0 radical (unpaired) electrons. The Hall–Kier alpha value is 0.390. The average Bonchev–Trinajstić information content (AvgIpc) is 1.21. The largest absolute Gasteiger partial charge is 0.329 e. The lowest BCUT2D eigenvalue weighted by Crippen LogP contribution is -2.04. The van der Waals surface area contributed by atoms with Crippen molar-refractivity contribution in [2.75, 3.05) is 0 Å². The van der Waals surface area contributed by atoms with E-state index in [0.717, 1.165) is 0 Å². The normalized spacial score (nSPS) is 12.5. The SMILES string of the molecule is CC(C)OS(=O)(=O)Br. The summed E-state index contributed by atoms with van der Waals surface area (Å²) in [6, 6.07) is 0. The highest BCUT2D eigenvalue weighted by atomic mass is 79.9. The Morgan fingerprint density at radius 3 is 1.88 bits per heavy atom. The molecule has 0 atom stereocenters. The van der Waals surface area contributed by atoms with Crippen LogP contribution in [-0.2, 0) is 12.7 Å². The highest BCUT2D eigenvalue weighted by Crippen LogP contribution is 2.05. The number of hydrogen-bond acceptors (Lipinski definition) is 3. The minimum Gasteiger partial charge on any atom is -0.259 e. The van der Waals surface area contributed by atoms with E-state index in [9.17, 15) is 8.42 Å². The molecule has 3 nitrogen and oxygen atoms in total. The summed E-state index contributed by atoms with van der Waals surface area (Å²) in [6.45, 7) is 3.28. The van der Waals surface area contributed by atoms with Gasteiger partial charge >= 0.3 is 8.55 Å². The van der Waals surface area contributed by atoms with Gasteiger partial charge < -0.3 is 0 Å². The predicted molar refractivity (Wildman–Crippen MR) is 34.1 cm³/mol. The van der Waals surface area contributed by atoms with Crippen molar-refractivity contribution in [1.29, 1.82) is 0 Å². The second-order valence-electron chi connectivity index (χ2n) is 1.54. The highest BCUT2D eigenvalue weighted by Gasteiger charge is 2.05. The molecule has 0 bridgehead atoms. The third-order valence-corrected chi connectivity index (χ3v) is 1.38. The van der Waals surface area contributed by atoms with Crippen molar-refractivity contribution in [2.45, 2.75) is 20.0 Å². The quantitative estimate of drug-likeness (QED) is 0.630. The van der Waals surface area contributed by atoms with Crippen LogP contribution in [0.1, 0.15) is 13.8 Å². The molecule has 0 fully saturated rings. The van der Waals surface area contributed by atoms with Crippen LogP contribution in [0.3, 0.4) is 0 Å². The van der Waals surface area contributed by atoms with Crippen molar-refractivity contribution in [3.8, 4) is 0 Å². The van der Waals surface area contributed by atoms with Crippen molar-refractivity contribution in [3.05, 3.63) is 0 Å². The van der Waals surface area contributed by atoms with Crippen LogP contribution in [0, 0.1) is 0 Å². The third kappa shape index (κ3) is 6.39. The summed E-state index contributed by atoms with van der Waals surface area (Å²) in [5.41, 5.74) is 0. The molecule has 0 spiro atoms. The summed E-state index contributed by atoms with van der Waals surface area (Å²) in [4.78, 5) is 0. The van der Waals surface area contributed by atoms with Crippen LogP contribution in [0.4, 0.5) is 0 Å². The Balaban J connectivity index is 3.75. The molecule has 0 N–H and O–H groups in total. The minimum absolute atomic E-state index is 0.292. The monoisotopic (exact) mass is 202 g/mol. The lowest BCUT2D eigenvalue weighted by molar-refractivity contribution is 0.258. The fraction of sp³-hybridized carbons (Fsp3) is 1.00. The fourth-order valence-electron chi connectivity index (χ4n) is 0.230. The number of hydrogen-bond donors (Lipinski definition) is 0. The zero-order chi connectivity index (χ0) is 6.78. The molecule has 8 heavy (non-hydrogen) atoms. The van der Waals surface area contributed by atoms with Crippen LogP contribution in [0.15, 0.2) is 0 Å². The molecule has 50 valence electrons. The summed E-state index contributed by atoms with van der Waals surface area (Å²) >= 11 is 2.33. The minimum atomic E-state index is -3.41. The first-order valence-electron chi connectivity index (χ1n) is 2.04. The molecule has 0 amide bonds. The predicted octanol–water partition coefficient (Wildman–Crippen LogP) is 1.05. The Labute approximate surface area is 56.4 Å². The van der Waals surface area contributed by atoms with E-state index in [0.29, 0.717) is 0 Å². The lowest BCUT2D eigenvalue weighted by Gasteiger charge is -1.99. The molecule has 0 rings (SSSR count). The third-order valence-electron chi connectivity index (χ3n) is 0.307. The maximum atomic E-state index is 10.1. The zero-order valence-corrected chi connectivity index (χ0v) is 6.99. The first kappa shape index (κ1) is 8.39. The van der Waals surface area contributed by atoms with E-state index >= 15 is 0 Å². The van der Waals surface area contributed by atoms with Gasteiger partial charge in [-0.05, 0) is 13.8 Å². The Morgan fingerprint density at radius 1 is 1.50 bits per heavy atom. The van der Waals surface area contributed by atoms with E-state index in [1.54, 1.807) is 13.8 Å². The van der Waals surface area contributed by atoms with Crippen LogP contribution in [-0.4, -0.2) is 14.5 Å². The van der Waals surface area contributed by atoms with Crippen LogP contribution in [0.5, 0.6) is 0 Å². The fourth-order valence-corrected chi connectivity index (χ4v) is 1.61. The Bertz CT molecular complexity index is 148. The topological polar surface area (TPSA) is 43.4 Å². The van der Waals surface area contributed by atoms with Crippen LogP contribution in [0.25, 0.3) is 0 Å². The van der Waals surface area contributed by atoms with Gasteiger partial charge in [0, 0.05) is 0 Å².